The molecule has 0 spiro atoms. The monoisotopic (exact) mass is 456 g/mol. The Balaban J connectivity index is 1.61. The summed E-state index contributed by atoms with van der Waals surface area (Å²) in [5, 5.41) is 5.10. The van der Waals surface area contributed by atoms with Gasteiger partial charge >= 0.3 is 0 Å². The molecule has 1 aliphatic rings. The van der Waals surface area contributed by atoms with E-state index in [1.54, 1.807) is 11.3 Å². The van der Waals surface area contributed by atoms with Crippen LogP contribution in [-0.4, -0.2) is 36.6 Å². The lowest BCUT2D eigenvalue weighted by Gasteiger charge is -2.24. The van der Waals surface area contributed by atoms with E-state index in [1.165, 1.54) is 4.88 Å². The van der Waals surface area contributed by atoms with Gasteiger partial charge in [0, 0.05) is 28.1 Å². The van der Waals surface area contributed by atoms with Crippen LogP contribution < -0.4 is 5.32 Å². The number of amides is 1. The van der Waals surface area contributed by atoms with Gasteiger partial charge in [-0.1, -0.05) is 18.2 Å². The van der Waals surface area contributed by atoms with Crippen LogP contribution in [0.15, 0.2) is 41.8 Å². The normalized spacial score (nSPS) is 17.3. The minimum atomic E-state index is 0.0219. The first-order valence-corrected chi connectivity index (χ1v) is 10.1. The van der Waals surface area contributed by atoms with E-state index in [0.717, 1.165) is 41.8 Å². The highest BCUT2D eigenvalue weighted by atomic mass is 127. The average Bonchev–Trinajstić information content (AvgIpc) is 3.23. The van der Waals surface area contributed by atoms with Crippen molar-refractivity contribution in [3.8, 4) is 0 Å². The number of rotatable bonds is 7. The smallest absolute Gasteiger partial charge is 0.238 e. The van der Waals surface area contributed by atoms with E-state index in [0.29, 0.717) is 6.54 Å². The molecule has 4 nitrogen and oxygen atoms in total. The fraction of sp³-hybridized carbons (Fsp3) is 0.389. The van der Waals surface area contributed by atoms with Gasteiger partial charge in [-0.3, -0.25) is 9.69 Å². The van der Waals surface area contributed by atoms with Gasteiger partial charge < -0.3 is 10.1 Å². The molecule has 24 heavy (non-hydrogen) atoms. The van der Waals surface area contributed by atoms with Crippen molar-refractivity contribution < 1.29 is 9.53 Å². The third-order valence-electron chi connectivity index (χ3n) is 3.96. The summed E-state index contributed by atoms with van der Waals surface area (Å²) in [5.74, 6) is 0.0219. The van der Waals surface area contributed by atoms with Crippen LogP contribution in [0, 0.1) is 3.57 Å². The number of carbonyl (C=O) groups excluding carboxylic acids is 1. The van der Waals surface area contributed by atoms with Gasteiger partial charge in [-0.25, -0.2) is 0 Å². The number of ether oxygens (including phenoxy) is 1. The topological polar surface area (TPSA) is 41.6 Å². The zero-order chi connectivity index (χ0) is 16.8. The lowest BCUT2D eigenvalue weighted by atomic mass is 10.2. The van der Waals surface area contributed by atoms with Crippen molar-refractivity contribution in [2.45, 2.75) is 25.5 Å². The lowest BCUT2D eigenvalue weighted by molar-refractivity contribution is -0.117. The largest absolute Gasteiger partial charge is 0.377 e. The molecule has 2 aromatic rings. The number of nitrogens with zero attached hydrogens (tertiary/aromatic N) is 1. The van der Waals surface area contributed by atoms with Crippen LogP contribution in [0.5, 0.6) is 0 Å². The summed E-state index contributed by atoms with van der Waals surface area (Å²) < 4.78 is 6.80. The minimum Gasteiger partial charge on any atom is -0.377 e. The zero-order valence-electron chi connectivity index (χ0n) is 13.4. The molecule has 1 N–H and O–H groups in total. The third kappa shape index (κ3) is 5.27. The number of nitrogens with one attached hydrogen (secondary N) is 1. The first-order chi connectivity index (χ1) is 11.7. The maximum absolute atomic E-state index is 12.5. The molecule has 1 fully saturated rings. The van der Waals surface area contributed by atoms with Crippen molar-refractivity contribution in [3.63, 3.8) is 0 Å². The number of para-hydroxylation sites is 1. The Morgan fingerprint density at radius 1 is 1.33 bits per heavy atom. The fourth-order valence-electron chi connectivity index (χ4n) is 2.84. The van der Waals surface area contributed by atoms with Crippen molar-refractivity contribution in [2.24, 2.45) is 0 Å². The van der Waals surface area contributed by atoms with Crippen LogP contribution in [0.3, 0.4) is 0 Å². The van der Waals surface area contributed by atoms with Crippen molar-refractivity contribution in [1.82, 2.24) is 4.90 Å². The third-order valence-corrected chi connectivity index (χ3v) is 5.76. The second-order valence-electron chi connectivity index (χ2n) is 5.91. The molecule has 0 unspecified atom stereocenters. The number of thiophene rings is 1. The van der Waals surface area contributed by atoms with Gasteiger partial charge in [-0.05, 0) is 59.0 Å². The van der Waals surface area contributed by atoms with E-state index in [2.05, 4.69) is 50.3 Å². The maximum atomic E-state index is 12.5. The van der Waals surface area contributed by atoms with Crippen molar-refractivity contribution in [1.29, 1.82) is 0 Å². The van der Waals surface area contributed by atoms with Gasteiger partial charge in [0.05, 0.1) is 18.3 Å². The van der Waals surface area contributed by atoms with Gasteiger partial charge in [0.2, 0.25) is 5.91 Å². The van der Waals surface area contributed by atoms with E-state index in [1.807, 2.05) is 24.3 Å². The van der Waals surface area contributed by atoms with E-state index in [4.69, 9.17) is 4.74 Å². The molecule has 2 heterocycles. The van der Waals surface area contributed by atoms with Crippen LogP contribution in [0.4, 0.5) is 5.69 Å². The summed E-state index contributed by atoms with van der Waals surface area (Å²) in [6.07, 6.45) is 2.44. The highest BCUT2D eigenvalue weighted by Gasteiger charge is 2.21. The molecule has 0 bridgehead atoms. The van der Waals surface area contributed by atoms with Crippen LogP contribution in [0.1, 0.15) is 17.7 Å². The molecule has 1 atom stereocenters. The number of carbonyl (C=O) groups is 1. The van der Waals surface area contributed by atoms with Gasteiger partial charge in [0.15, 0.2) is 0 Å². The molecular weight excluding hydrogens is 435 g/mol. The standard InChI is InChI=1S/C18H21IN2O2S/c19-16-7-1-2-8-17(16)20-18(22)13-21(11-14-5-3-9-23-14)12-15-6-4-10-24-15/h1-2,4,6-8,10,14H,3,5,9,11-13H2,(H,20,22)/t14-/m0/s1. The van der Waals surface area contributed by atoms with Gasteiger partial charge in [-0.2, -0.15) is 0 Å². The summed E-state index contributed by atoms with van der Waals surface area (Å²) in [7, 11) is 0. The molecule has 1 amide bonds. The lowest BCUT2D eigenvalue weighted by Crippen LogP contribution is -2.37. The predicted octanol–water partition coefficient (Wildman–Crippen LogP) is 3.97. The van der Waals surface area contributed by atoms with E-state index >= 15 is 0 Å². The summed E-state index contributed by atoms with van der Waals surface area (Å²) in [4.78, 5) is 15.9. The Morgan fingerprint density at radius 3 is 2.92 bits per heavy atom. The Morgan fingerprint density at radius 2 is 2.21 bits per heavy atom. The zero-order valence-corrected chi connectivity index (χ0v) is 16.4. The highest BCUT2D eigenvalue weighted by molar-refractivity contribution is 14.1. The predicted molar refractivity (Wildman–Crippen MR) is 106 cm³/mol. The second kappa shape index (κ2) is 8.94. The quantitative estimate of drug-likeness (QED) is 0.642. The molecular formula is C18H21IN2O2S. The van der Waals surface area contributed by atoms with Crippen molar-refractivity contribution in [3.05, 3.63) is 50.2 Å². The number of hydrogen-bond acceptors (Lipinski definition) is 4. The second-order valence-corrected chi connectivity index (χ2v) is 8.11. The van der Waals surface area contributed by atoms with Crippen LogP contribution in [0.25, 0.3) is 0 Å². The summed E-state index contributed by atoms with van der Waals surface area (Å²) >= 11 is 3.97. The SMILES string of the molecule is O=C(CN(Cc1cccs1)C[C@@H]1CCCO1)Nc1ccccc1I. The molecule has 1 saturated heterocycles. The van der Waals surface area contributed by atoms with Gasteiger partial charge in [0.1, 0.15) is 0 Å². The molecule has 0 aliphatic carbocycles. The first kappa shape index (κ1) is 17.8. The Labute approximate surface area is 160 Å². The highest BCUT2D eigenvalue weighted by Crippen LogP contribution is 2.19. The number of hydrogen-bond donors (Lipinski definition) is 1. The molecule has 128 valence electrons. The van der Waals surface area contributed by atoms with Crippen LogP contribution in [0.2, 0.25) is 0 Å². The van der Waals surface area contributed by atoms with E-state index in [-0.39, 0.29) is 12.0 Å². The number of halogens is 1. The van der Waals surface area contributed by atoms with Gasteiger partial charge in [0.25, 0.3) is 0 Å². The van der Waals surface area contributed by atoms with Gasteiger partial charge in [-0.15, -0.1) is 11.3 Å². The summed E-state index contributed by atoms with van der Waals surface area (Å²) in [6.45, 7) is 2.81. The van der Waals surface area contributed by atoms with Crippen molar-refractivity contribution >= 4 is 45.5 Å². The Kier molecular flexibility index (Phi) is 6.65. The molecule has 0 saturated carbocycles. The molecule has 6 heteroatoms. The molecule has 0 radical (unpaired) electrons. The summed E-state index contributed by atoms with van der Waals surface area (Å²) in [5.41, 5.74) is 0.872. The Bertz CT molecular complexity index is 657. The average molecular weight is 456 g/mol. The maximum Gasteiger partial charge on any atom is 0.238 e. The molecule has 3 rings (SSSR count). The van der Waals surface area contributed by atoms with Crippen LogP contribution >= 0.6 is 33.9 Å². The van der Waals surface area contributed by atoms with Crippen molar-refractivity contribution in [2.75, 3.05) is 25.0 Å². The molecule has 1 aliphatic heterocycles. The van der Waals surface area contributed by atoms with E-state index < -0.39 is 0 Å². The van der Waals surface area contributed by atoms with Crippen LogP contribution in [-0.2, 0) is 16.1 Å². The van der Waals surface area contributed by atoms with E-state index in [9.17, 15) is 4.79 Å². The Hall–Kier alpha value is -0.960. The summed E-state index contributed by atoms with van der Waals surface area (Å²) in [6, 6.07) is 12.0. The minimum absolute atomic E-state index is 0.0219. The number of anilines is 1. The number of benzene rings is 1. The fourth-order valence-corrected chi connectivity index (χ4v) is 4.11. The molecule has 1 aromatic carbocycles. The first-order valence-electron chi connectivity index (χ1n) is 8.11. The molecule has 1 aromatic heterocycles.